The molecule has 0 saturated heterocycles. The van der Waals surface area contributed by atoms with Crippen LogP contribution in [0.5, 0.6) is 0 Å². The van der Waals surface area contributed by atoms with Gasteiger partial charge in [-0.05, 0) is 6.92 Å². The molecule has 0 aliphatic carbocycles. The number of carbonyl (C=O) groups is 1. The van der Waals surface area contributed by atoms with Crippen molar-refractivity contribution in [3.8, 4) is 0 Å². The van der Waals surface area contributed by atoms with E-state index in [9.17, 15) is 4.79 Å². The van der Waals surface area contributed by atoms with Gasteiger partial charge in [0.05, 0.1) is 0 Å². The minimum Gasteiger partial charge on any atom is -0.356 e. The molecular weight excluding hydrogens is 216 g/mol. The van der Waals surface area contributed by atoms with E-state index in [1.807, 2.05) is 6.92 Å². The number of carbonyl (C=O) groups excluding carboxylic acids is 1. The molecule has 0 fully saturated rings. The van der Waals surface area contributed by atoms with E-state index in [0.717, 1.165) is 6.54 Å². The fourth-order valence-corrected chi connectivity index (χ4v) is 1.50. The number of aromatic nitrogens is 2. The number of hydrogen-bond acceptors (Lipinski definition) is 4. The van der Waals surface area contributed by atoms with E-state index in [4.69, 9.17) is 0 Å². The second kappa shape index (κ2) is 5.98. The summed E-state index contributed by atoms with van der Waals surface area (Å²) >= 11 is 0. The zero-order valence-electron chi connectivity index (χ0n) is 10.5. The van der Waals surface area contributed by atoms with E-state index in [1.165, 1.54) is 6.92 Å². The van der Waals surface area contributed by atoms with E-state index in [2.05, 4.69) is 21.9 Å². The lowest BCUT2D eigenvalue weighted by atomic mass is 10.3. The van der Waals surface area contributed by atoms with Crippen LogP contribution < -0.4 is 5.32 Å². The van der Waals surface area contributed by atoms with Crippen molar-refractivity contribution in [1.29, 1.82) is 0 Å². The number of hydrogen-bond donors (Lipinski definition) is 1. The summed E-state index contributed by atoms with van der Waals surface area (Å²) in [6.07, 6.45) is 4.09. The fourth-order valence-electron chi connectivity index (χ4n) is 1.50. The summed E-state index contributed by atoms with van der Waals surface area (Å²) in [6.45, 7) is 7.84. The Hall–Kier alpha value is -1.91. The van der Waals surface area contributed by atoms with Crippen LogP contribution in [0, 0.1) is 0 Å². The minimum atomic E-state index is -0.0464. The highest BCUT2D eigenvalue weighted by molar-refractivity contribution is 5.97. The molecule has 5 nitrogen and oxygen atoms in total. The second-order valence-corrected chi connectivity index (χ2v) is 3.59. The summed E-state index contributed by atoms with van der Waals surface area (Å²) < 4.78 is 1.73. The van der Waals surface area contributed by atoms with Crippen LogP contribution in [-0.2, 0) is 7.05 Å². The molecule has 0 bridgehead atoms. The maximum Gasteiger partial charge on any atom is 0.205 e. The molecule has 0 radical (unpaired) electrons. The largest absolute Gasteiger partial charge is 0.356 e. The van der Waals surface area contributed by atoms with Crippen LogP contribution in [0.25, 0.3) is 0 Å². The number of anilines is 1. The number of aliphatic imine (C=N–C) groups is 1. The quantitative estimate of drug-likeness (QED) is 0.467. The molecule has 1 aromatic heterocycles. The van der Waals surface area contributed by atoms with Crippen molar-refractivity contribution >= 4 is 23.8 Å². The Morgan fingerprint density at radius 1 is 1.65 bits per heavy atom. The summed E-state index contributed by atoms with van der Waals surface area (Å²) in [5.74, 6) is 1.07. The minimum absolute atomic E-state index is 0.0464. The highest BCUT2D eigenvalue weighted by Gasteiger charge is 2.16. The standard InChI is InChI=1S/C12H18N4O/c1-5-7-8-14-11-10(9(3)17)16(4)12(15-11)13-6-2/h5,8H,1,6-7H2,2-4H3,(H,13,15)/b14-8-. The first-order chi connectivity index (χ1) is 8.11. The highest BCUT2D eigenvalue weighted by Crippen LogP contribution is 2.22. The number of allylic oxidation sites excluding steroid dienone is 1. The number of ketones is 1. The Kier molecular flexibility index (Phi) is 4.63. The predicted molar refractivity (Wildman–Crippen MR) is 70.3 cm³/mol. The van der Waals surface area contributed by atoms with Crippen molar-refractivity contribution in [2.24, 2.45) is 12.0 Å². The monoisotopic (exact) mass is 234 g/mol. The summed E-state index contributed by atoms with van der Waals surface area (Å²) in [5, 5.41) is 3.09. The SMILES string of the molecule is C=CC/C=N\c1nc(NCC)n(C)c1C(C)=O. The number of nitrogens with zero attached hydrogens (tertiary/aromatic N) is 3. The van der Waals surface area contributed by atoms with Crippen molar-refractivity contribution in [3.05, 3.63) is 18.3 Å². The van der Waals surface area contributed by atoms with Gasteiger partial charge in [0.15, 0.2) is 11.6 Å². The van der Waals surface area contributed by atoms with Crippen LogP contribution in [0.15, 0.2) is 17.6 Å². The first kappa shape index (κ1) is 13.2. The first-order valence-electron chi connectivity index (χ1n) is 5.56. The Balaban J connectivity index is 3.13. The van der Waals surface area contributed by atoms with Crippen LogP contribution in [0.1, 0.15) is 30.8 Å². The van der Waals surface area contributed by atoms with Gasteiger partial charge in [0.2, 0.25) is 5.95 Å². The Labute approximate surface area is 101 Å². The molecule has 1 heterocycles. The molecule has 17 heavy (non-hydrogen) atoms. The van der Waals surface area contributed by atoms with Crippen LogP contribution >= 0.6 is 0 Å². The molecule has 0 aliphatic heterocycles. The molecule has 1 aromatic rings. The normalized spacial score (nSPS) is 10.8. The van der Waals surface area contributed by atoms with Gasteiger partial charge in [0, 0.05) is 33.2 Å². The molecule has 0 saturated carbocycles. The van der Waals surface area contributed by atoms with E-state index >= 15 is 0 Å². The van der Waals surface area contributed by atoms with Gasteiger partial charge in [-0.3, -0.25) is 4.79 Å². The lowest BCUT2D eigenvalue weighted by Crippen LogP contribution is -2.07. The lowest BCUT2D eigenvalue weighted by Gasteiger charge is -2.03. The van der Waals surface area contributed by atoms with Crippen LogP contribution in [0.4, 0.5) is 11.8 Å². The van der Waals surface area contributed by atoms with Crippen molar-refractivity contribution < 1.29 is 4.79 Å². The molecular formula is C12H18N4O. The van der Waals surface area contributed by atoms with Gasteiger partial charge in [0.25, 0.3) is 0 Å². The van der Waals surface area contributed by atoms with Crippen molar-refractivity contribution in [3.63, 3.8) is 0 Å². The van der Waals surface area contributed by atoms with Crippen molar-refractivity contribution in [1.82, 2.24) is 9.55 Å². The number of nitrogens with one attached hydrogen (secondary N) is 1. The molecule has 1 rings (SSSR count). The molecule has 0 aliphatic rings. The van der Waals surface area contributed by atoms with Crippen molar-refractivity contribution in [2.45, 2.75) is 20.3 Å². The molecule has 5 heteroatoms. The van der Waals surface area contributed by atoms with Gasteiger partial charge in [-0.25, -0.2) is 4.99 Å². The number of Topliss-reactive ketones (excluding diaryl/α,β-unsaturated/α-hetero) is 1. The van der Waals surface area contributed by atoms with Gasteiger partial charge in [-0.15, -0.1) is 6.58 Å². The summed E-state index contributed by atoms with van der Waals surface area (Å²) in [5.41, 5.74) is 0.515. The Morgan fingerprint density at radius 3 is 2.88 bits per heavy atom. The first-order valence-corrected chi connectivity index (χ1v) is 5.56. The van der Waals surface area contributed by atoms with Gasteiger partial charge >= 0.3 is 0 Å². The van der Waals surface area contributed by atoms with Crippen LogP contribution in [-0.4, -0.2) is 28.1 Å². The molecule has 1 N–H and O–H groups in total. The summed E-state index contributed by atoms with van der Waals surface area (Å²) in [7, 11) is 1.80. The van der Waals surface area contributed by atoms with E-state index in [0.29, 0.717) is 23.9 Å². The number of rotatable bonds is 6. The van der Waals surface area contributed by atoms with E-state index in [1.54, 1.807) is 23.9 Å². The predicted octanol–water partition coefficient (Wildman–Crippen LogP) is 2.33. The third kappa shape index (κ3) is 3.03. The van der Waals surface area contributed by atoms with Crippen LogP contribution in [0.2, 0.25) is 0 Å². The number of imidazole rings is 1. The maximum atomic E-state index is 11.6. The topological polar surface area (TPSA) is 59.3 Å². The third-order valence-corrected chi connectivity index (χ3v) is 2.23. The smallest absolute Gasteiger partial charge is 0.205 e. The molecule has 0 amide bonds. The van der Waals surface area contributed by atoms with Gasteiger partial charge in [0.1, 0.15) is 5.69 Å². The molecule has 92 valence electrons. The van der Waals surface area contributed by atoms with Crippen LogP contribution in [0.3, 0.4) is 0 Å². The summed E-state index contributed by atoms with van der Waals surface area (Å²) in [4.78, 5) is 20.0. The fraction of sp³-hybridized carbons (Fsp3) is 0.417. The molecule has 0 spiro atoms. The zero-order chi connectivity index (χ0) is 12.8. The second-order valence-electron chi connectivity index (χ2n) is 3.59. The molecule has 0 unspecified atom stereocenters. The van der Waals surface area contributed by atoms with Crippen molar-refractivity contribution in [2.75, 3.05) is 11.9 Å². The van der Waals surface area contributed by atoms with E-state index in [-0.39, 0.29) is 5.78 Å². The van der Waals surface area contributed by atoms with Gasteiger partial charge in [-0.2, -0.15) is 4.98 Å². The third-order valence-electron chi connectivity index (χ3n) is 2.23. The average Bonchev–Trinajstić information content (AvgIpc) is 2.57. The van der Waals surface area contributed by atoms with Gasteiger partial charge in [-0.1, -0.05) is 6.08 Å². The maximum absolute atomic E-state index is 11.6. The Bertz CT molecular complexity index is 446. The van der Waals surface area contributed by atoms with Gasteiger partial charge < -0.3 is 9.88 Å². The summed E-state index contributed by atoms with van der Waals surface area (Å²) in [6, 6.07) is 0. The molecule has 0 aromatic carbocycles. The Morgan fingerprint density at radius 2 is 2.35 bits per heavy atom. The lowest BCUT2D eigenvalue weighted by molar-refractivity contribution is 0.101. The zero-order valence-corrected chi connectivity index (χ0v) is 10.5. The molecule has 0 atom stereocenters. The van der Waals surface area contributed by atoms with E-state index < -0.39 is 0 Å². The average molecular weight is 234 g/mol. The highest BCUT2D eigenvalue weighted by atomic mass is 16.1.